The molecule has 5 rings (SSSR count). The van der Waals surface area contributed by atoms with E-state index in [1.165, 1.54) is 5.56 Å². The Hall–Kier alpha value is -2.11. The second-order valence-corrected chi connectivity index (χ2v) is 8.35. The third-order valence-electron chi connectivity index (χ3n) is 5.79. The lowest BCUT2D eigenvalue weighted by Crippen LogP contribution is -2.35. The summed E-state index contributed by atoms with van der Waals surface area (Å²) in [5.41, 5.74) is 3.44. The van der Waals surface area contributed by atoms with E-state index in [2.05, 4.69) is 36.8 Å². The van der Waals surface area contributed by atoms with E-state index >= 15 is 0 Å². The third-order valence-corrected chi connectivity index (χ3v) is 6.35. The molecule has 0 radical (unpaired) electrons. The van der Waals surface area contributed by atoms with Crippen molar-refractivity contribution in [3.8, 4) is 5.69 Å². The molecule has 1 saturated heterocycles. The van der Waals surface area contributed by atoms with Crippen molar-refractivity contribution in [3.05, 3.63) is 63.7 Å². The van der Waals surface area contributed by atoms with Gasteiger partial charge in [-0.3, -0.25) is 9.55 Å². The Labute approximate surface area is 174 Å². The second kappa shape index (κ2) is 7.37. The summed E-state index contributed by atoms with van der Waals surface area (Å²) >= 11 is 12.6. The molecule has 2 aromatic heterocycles. The number of pyridine rings is 1. The topological polar surface area (TPSA) is 46.8 Å². The molecule has 28 heavy (non-hydrogen) atoms. The maximum atomic E-state index is 6.36. The Bertz CT molecular complexity index is 1010. The summed E-state index contributed by atoms with van der Waals surface area (Å²) in [5.74, 6) is 2.36. The van der Waals surface area contributed by atoms with Crippen molar-refractivity contribution in [2.75, 3.05) is 18.0 Å². The van der Waals surface area contributed by atoms with E-state index in [-0.39, 0.29) is 0 Å². The van der Waals surface area contributed by atoms with E-state index < -0.39 is 0 Å². The highest BCUT2D eigenvalue weighted by atomic mass is 35.5. The van der Waals surface area contributed by atoms with Crippen molar-refractivity contribution in [3.63, 3.8) is 0 Å². The fraction of sp³-hybridized carbons (Fsp3) is 0.381. The molecule has 0 unspecified atom stereocenters. The molecule has 2 aliphatic rings. The molecule has 144 valence electrons. The first kappa shape index (κ1) is 18.0. The molecule has 0 atom stereocenters. The number of benzene rings is 1. The molecule has 0 aliphatic carbocycles. The molecule has 0 saturated carbocycles. The molecule has 1 aromatic carbocycles. The van der Waals surface area contributed by atoms with Crippen molar-refractivity contribution in [1.82, 2.24) is 19.7 Å². The number of fused-ring (bicyclic) bond motifs is 3. The summed E-state index contributed by atoms with van der Waals surface area (Å²) in [6, 6.07) is 9.94. The zero-order chi connectivity index (χ0) is 19.1. The predicted molar refractivity (Wildman–Crippen MR) is 112 cm³/mol. The molecule has 0 spiro atoms. The molecule has 0 amide bonds. The van der Waals surface area contributed by atoms with Gasteiger partial charge in [0, 0.05) is 36.6 Å². The maximum Gasteiger partial charge on any atom is 0.231 e. The lowest BCUT2D eigenvalue weighted by Gasteiger charge is -2.32. The van der Waals surface area contributed by atoms with Gasteiger partial charge in [-0.25, -0.2) is 0 Å². The minimum absolute atomic E-state index is 0.391. The van der Waals surface area contributed by atoms with E-state index in [1.807, 2.05) is 24.4 Å². The third kappa shape index (κ3) is 3.16. The minimum atomic E-state index is 0.391. The van der Waals surface area contributed by atoms with E-state index in [0.29, 0.717) is 5.92 Å². The molecule has 4 heterocycles. The normalized spacial score (nSPS) is 17.1. The Balaban J connectivity index is 1.43. The minimum Gasteiger partial charge on any atom is -0.341 e. The van der Waals surface area contributed by atoms with Gasteiger partial charge in [0.05, 0.1) is 16.4 Å². The van der Waals surface area contributed by atoms with Gasteiger partial charge in [0.25, 0.3) is 0 Å². The molecular formula is C21H21Cl2N5. The molecule has 0 bridgehead atoms. The van der Waals surface area contributed by atoms with Gasteiger partial charge in [-0.05, 0) is 61.6 Å². The van der Waals surface area contributed by atoms with Crippen molar-refractivity contribution in [2.24, 2.45) is 0 Å². The number of nitrogens with zero attached hydrogens (tertiary/aromatic N) is 5. The van der Waals surface area contributed by atoms with Crippen LogP contribution >= 0.6 is 23.2 Å². The number of rotatable bonds is 2. The highest BCUT2D eigenvalue weighted by molar-refractivity contribution is 6.31. The highest BCUT2D eigenvalue weighted by Crippen LogP contribution is 2.35. The number of aryl methyl sites for hydroxylation is 2. The summed E-state index contributed by atoms with van der Waals surface area (Å²) in [6.07, 6.45) is 6.84. The molecule has 2 aliphatic heterocycles. The first-order valence-corrected chi connectivity index (χ1v) is 10.5. The van der Waals surface area contributed by atoms with E-state index in [9.17, 15) is 0 Å². The Kier molecular flexibility index (Phi) is 4.73. The predicted octanol–water partition coefficient (Wildman–Crippen LogP) is 4.84. The van der Waals surface area contributed by atoms with Gasteiger partial charge in [-0.1, -0.05) is 23.2 Å². The van der Waals surface area contributed by atoms with Crippen molar-refractivity contribution < 1.29 is 0 Å². The standard InChI is InChI=1S/C21H21Cl2N5/c22-16-6-7-18-15(13-16)3-1-5-19-25-26-21(28(18)19)27-11-8-14(9-12-27)20-17(23)4-2-10-24-20/h2,4,6-7,10,13-14H,1,3,5,8-9,11-12H2. The van der Waals surface area contributed by atoms with Crippen LogP contribution in [0, 0.1) is 0 Å². The van der Waals surface area contributed by atoms with Gasteiger partial charge < -0.3 is 4.90 Å². The average molecular weight is 414 g/mol. The Morgan fingerprint density at radius 3 is 2.68 bits per heavy atom. The van der Waals surface area contributed by atoms with E-state index in [0.717, 1.165) is 78.4 Å². The maximum absolute atomic E-state index is 6.36. The summed E-state index contributed by atoms with van der Waals surface area (Å²) in [4.78, 5) is 6.86. The molecule has 3 aromatic rings. The van der Waals surface area contributed by atoms with E-state index in [1.54, 1.807) is 0 Å². The highest BCUT2D eigenvalue weighted by Gasteiger charge is 2.28. The van der Waals surface area contributed by atoms with Crippen LogP contribution in [-0.4, -0.2) is 32.8 Å². The van der Waals surface area contributed by atoms with Crippen LogP contribution in [0.2, 0.25) is 10.0 Å². The largest absolute Gasteiger partial charge is 0.341 e. The summed E-state index contributed by atoms with van der Waals surface area (Å²) < 4.78 is 2.23. The number of piperidine rings is 1. The first-order valence-electron chi connectivity index (χ1n) is 9.79. The molecule has 7 heteroatoms. The van der Waals surface area contributed by atoms with Gasteiger partial charge in [0.15, 0.2) is 0 Å². The van der Waals surface area contributed by atoms with Crippen molar-refractivity contribution in [2.45, 2.75) is 38.0 Å². The van der Waals surface area contributed by atoms with Crippen LogP contribution in [0.5, 0.6) is 0 Å². The van der Waals surface area contributed by atoms with Gasteiger partial charge in [0.2, 0.25) is 5.95 Å². The lowest BCUT2D eigenvalue weighted by molar-refractivity contribution is 0.489. The fourth-order valence-corrected chi connectivity index (χ4v) is 4.85. The molecule has 5 nitrogen and oxygen atoms in total. The number of halogens is 2. The summed E-state index contributed by atoms with van der Waals surface area (Å²) in [6.45, 7) is 1.83. The first-order chi connectivity index (χ1) is 13.7. The summed E-state index contributed by atoms with van der Waals surface area (Å²) in [7, 11) is 0. The number of hydrogen-bond acceptors (Lipinski definition) is 4. The van der Waals surface area contributed by atoms with Crippen LogP contribution in [0.1, 0.15) is 42.3 Å². The van der Waals surface area contributed by atoms with Gasteiger partial charge in [-0.2, -0.15) is 0 Å². The van der Waals surface area contributed by atoms with Crippen LogP contribution < -0.4 is 4.90 Å². The van der Waals surface area contributed by atoms with E-state index in [4.69, 9.17) is 23.2 Å². The fourth-order valence-electron chi connectivity index (χ4n) is 4.38. The Morgan fingerprint density at radius 2 is 1.86 bits per heavy atom. The monoisotopic (exact) mass is 413 g/mol. The van der Waals surface area contributed by atoms with Crippen molar-refractivity contribution in [1.29, 1.82) is 0 Å². The Morgan fingerprint density at radius 1 is 1.00 bits per heavy atom. The van der Waals surface area contributed by atoms with Gasteiger partial charge >= 0.3 is 0 Å². The van der Waals surface area contributed by atoms with Crippen molar-refractivity contribution >= 4 is 29.2 Å². The summed E-state index contributed by atoms with van der Waals surface area (Å²) in [5, 5.41) is 10.6. The molecule has 0 N–H and O–H groups in total. The molecule has 1 fully saturated rings. The number of anilines is 1. The quantitative estimate of drug-likeness (QED) is 0.602. The SMILES string of the molecule is Clc1ccc2c(c1)CCCc1nnc(N3CCC(c4ncccc4Cl)CC3)n1-2. The number of hydrogen-bond donors (Lipinski definition) is 0. The smallest absolute Gasteiger partial charge is 0.231 e. The van der Waals surface area contributed by atoms with Crippen LogP contribution in [0.3, 0.4) is 0 Å². The molecular weight excluding hydrogens is 393 g/mol. The zero-order valence-electron chi connectivity index (χ0n) is 15.5. The lowest BCUT2D eigenvalue weighted by atomic mass is 9.93. The van der Waals surface area contributed by atoms with Gasteiger partial charge in [0.1, 0.15) is 5.82 Å². The average Bonchev–Trinajstić information content (AvgIpc) is 3.04. The second-order valence-electron chi connectivity index (χ2n) is 7.51. The van der Waals surface area contributed by atoms with Crippen LogP contribution in [-0.2, 0) is 12.8 Å². The van der Waals surface area contributed by atoms with Crippen LogP contribution in [0.25, 0.3) is 5.69 Å². The van der Waals surface area contributed by atoms with Crippen LogP contribution in [0.15, 0.2) is 36.5 Å². The van der Waals surface area contributed by atoms with Gasteiger partial charge in [-0.15, -0.1) is 10.2 Å². The number of aromatic nitrogens is 4. The van der Waals surface area contributed by atoms with Crippen LogP contribution in [0.4, 0.5) is 5.95 Å². The zero-order valence-corrected chi connectivity index (χ0v) is 17.0.